The molecule has 6 aromatic rings. The fraction of sp³-hybridized carbons (Fsp3) is 0.132. The molecule has 0 N–H and O–H groups in total. The van der Waals surface area contributed by atoms with Gasteiger partial charge in [0.25, 0.3) is 5.56 Å². The Kier molecular flexibility index (Phi) is 9.67. The van der Waals surface area contributed by atoms with E-state index >= 15 is 0 Å². The van der Waals surface area contributed by atoms with Gasteiger partial charge in [0.1, 0.15) is 17.2 Å². The van der Waals surface area contributed by atoms with Gasteiger partial charge in [0.15, 0.2) is 15.1 Å². The van der Waals surface area contributed by atoms with Crippen LogP contribution in [0.5, 0.6) is 5.75 Å². The van der Waals surface area contributed by atoms with Crippen LogP contribution in [0.2, 0.25) is 0 Å². The maximum Gasteiger partial charge on any atom is 0.433 e. The van der Waals surface area contributed by atoms with Crippen molar-refractivity contribution in [3.63, 3.8) is 0 Å². The monoisotopic (exact) mass is 740 g/mol. The Labute approximate surface area is 302 Å². The fourth-order valence-electron chi connectivity index (χ4n) is 5.63. The summed E-state index contributed by atoms with van der Waals surface area (Å²) in [4.78, 5) is 41.2. The van der Waals surface area contributed by atoms with E-state index in [1.807, 2.05) is 30.3 Å². The molecule has 0 saturated heterocycles. The maximum absolute atomic E-state index is 14.2. The fourth-order valence-corrected chi connectivity index (χ4v) is 7.35. The van der Waals surface area contributed by atoms with Gasteiger partial charge >= 0.3 is 12.1 Å². The van der Waals surface area contributed by atoms with Crippen LogP contribution in [-0.2, 0) is 15.7 Å². The van der Waals surface area contributed by atoms with E-state index in [0.717, 1.165) is 29.2 Å². The first-order chi connectivity index (χ1) is 25.1. The maximum atomic E-state index is 14.2. The van der Waals surface area contributed by atoms with Crippen molar-refractivity contribution in [2.75, 3.05) is 13.7 Å². The summed E-state index contributed by atoms with van der Waals surface area (Å²) in [5.41, 5.74) is 0.911. The second kappa shape index (κ2) is 14.5. The number of hydrogen-bond donors (Lipinski definition) is 0. The molecule has 1 aliphatic heterocycles. The van der Waals surface area contributed by atoms with Gasteiger partial charge in [-0.1, -0.05) is 84.1 Å². The molecule has 4 heterocycles. The Balaban J connectivity index is 1.32. The highest BCUT2D eigenvalue weighted by molar-refractivity contribution is 7.99. The number of halogens is 3. The van der Waals surface area contributed by atoms with E-state index in [9.17, 15) is 22.8 Å². The molecule has 0 saturated carbocycles. The van der Waals surface area contributed by atoms with Crippen LogP contribution in [0.1, 0.15) is 35.5 Å². The third kappa shape index (κ3) is 7.07. The Bertz CT molecular complexity index is 2490. The molecule has 7 rings (SSSR count). The number of alkyl halides is 3. The lowest BCUT2D eigenvalue weighted by molar-refractivity contribution is -0.141. The highest BCUT2D eigenvalue weighted by Gasteiger charge is 2.36. The van der Waals surface area contributed by atoms with Crippen LogP contribution in [0.15, 0.2) is 133 Å². The number of furan rings is 1. The largest absolute Gasteiger partial charge is 0.497 e. The molecule has 9 nitrogen and oxygen atoms in total. The third-order valence-electron chi connectivity index (χ3n) is 7.92. The number of hydrogen-bond acceptors (Lipinski definition) is 10. The summed E-state index contributed by atoms with van der Waals surface area (Å²) in [5, 5.41) is 0.0507. The molecular formula is C38H27F3N4O5S2. The summed E-state index contributed by atoms with van der Waals surface area (Å²) in [6.45, 7) is 1.81. The van der Waals surface area contributed by atoms with Gasteiger partial charge in [-0.2, -0.15) is 13.2 Å². The highest BCUT2D eigenvalue weighted by atomic mass is 32.2. The van der Waals surface area contributed by atoms with Gasteiger partial charge < -0.3 is 13.9 Å². The summed E-state index contributed by atoms with van der Waals surface area (Å²) in [6.07, 6.45) is -3.17. The van der Waals surface area contributed by atoms with Gasteiger partial charge in [-0.3, -0.25) is 9.36 Å². The predicted octanol–water partition coefficient (Wildman–Crippen LogP) is 7.16. The van der Waals surface area contributed by atoms with Crippen molar-refractivity contribution in [3.05, 3.63) is 151 Å². The third-order valence-corrected chi connectivity index (χ3v) is 9.68. The number of fused-ring (bicyclic) bond motifs is 1. The molecule has 0 spiro atoms. The second-order valence-electron chi connectivity index (χ2n) is 11.3. The lowest BCUT2D eigenvalue weighted by Crippen LogP contribution is -2.40. The SMILES string of the molecule is CCOC(=O)C1=C(c2ccccc2)N=c2s/c(=C/c3ccc(Sc4nc(-c5ccccc5)cc(C(F)(F)F)n4)o3)c(=O)n2[C@H]1c1cccc(OC)c1. The lowest BCUT2D eigenvalue weighted by Gasteiger charge is -2.26. The van der Waals surface area contributed by atoms with Crippen LogP contribution in [0, 0.1) is 0 Å². The van der Waals surface area contributed by atoms with Gasteiger partial charge in [0.2, 0.25) is 0 Å². The van der Waals surface area contributed by atoms with Gasteiger partial charge in [-0.15, -0.1) is 0 Å². The molecule has 0 amide bonds. The zero-order valence-electron chi connectivity index (χ0n) is 27.5. The lowest BCUT2D eigenvalue weighted by atomic mass is 9.93. The Morgan fingerprint density at radius 2 is 1.69 bits per heavy atom. The van der Waals surface area contributed by atoms with E-state index in [0.29, 0.717) is 32.9 Å². The number of thiazole rings is 1. The number of carbonyl (C=O) groups excluding carboxylic acids is 1. The van der Waals surface area contributed by atoms with Crippen molar-refractivity contribution < 1.29 is 31.9 Å². The molecule has 0 bridgehead atoms. The van der Waals surface area contributed by atoms with Crippen molar-refractivity contribution in [3.8, 4) is 17.0 Å². The van der Waals surface area contributed by atoms with Crippen molar-refractivity contribution in [2.24, 2.45) is 4.99 Å². The average molecular weight is 741 g/mol. The van der Waals surface area contributed by atoms with Crippen molar-refractivity contribution >= 4 is 40.8 Å². The van der Waals surface area contributed by atoms with Gasteiger partial charge in [-0.05, 0) is 54.6 Å². The topological polar surface area (TPSA) is 109 Å². The summed E-state index contributed by atoms with van der Waals surface area (Å²) in [6, 6.07) is 27.9. The van der Waals surface area contributed by atoms with E-state index in [2.05, 4.69) is 9.97 Å². The van der Waals surface area contributed by atoms with Crippen LogP contribution in [0.3, 0.4) is 0 Å². The van der Waals surface area contributed by atoms with Crippen LogP contribution >= 0.6 is 23.1 Å². The minimum atomic E-state index is -4.69. The number of nitrogens with zero attached hydrogens (tertiary/aromatic N) is 4. The van der Waals surface area contributed by atoms with E-state index in [-0.39, 0.29) is 38.4 Å². The van der Waals surface area contributed by atoms with E-state index in [1.54, 1.807) is 73.7 Å². The Hall–Kier alpha value is -5.73. The van der Waals surface area contributed by atoms with Crippen LogP contribution in [-0.4, -0.2) is 34.2 Å². The van der Waals surface area contributed by atoms with E-state index in [1.165, 1.54) is 17.8 Å². The Morgan fingerprint density at radius 1 is 0.962 bits per heavy atom. The van der Waals surface area contributed by atoms with E-state index in [4.69, 9.17) is 18.9 Å². The smallest absolute Gasteiger partial charge is 0.433 e. The molecule has 1 atom stereocenters. The highest BCUT2D eigenvalue weighted by Crippen LogP contribution is 2.37. The zero-order chi connectivity index (χ0) is 36.4. The number of carbonyl (C=O) groups is 1. The average Bonchev–Trinajstić information content (AvgIpc) is 3.73. The van der Waals surface area contributed by atoms with E-state index < -0.39 is 29.4 Å². The summed E-state index contributed by atoms with van der Waals surface area (Å²) < 4.78 is 60.0. The normalized spacial score (nSPS) is 14.6. The number of aromatic nitrogens is 3. The number of methoxy groups -OCH3 is 1. The molecule has 0 fully saturated rings. The Morgan fingerprint density at radius 3 is 2.38 bits per heavy atom. The molecule has 0 radical (unpaired) electrons. The minimum absolute atomic E-state index is 0.109. The molecule has 0 aliphatic carbocycles. The summed E-state index contributed by atoms with van der Waals surface area (Å²) >= 11 is 1.92. The molecule has 1 aliphatic rings. The number of rotatable bonds is 9. The zero-order valence-corrected chi connectivity index (χ0v) is 29.1. The first kappa shape index (κ1) is 34.7. The second-order valence-corrected chi connectivity index (χ2v) is 13.2. The van der Waals surface area contributed by atoms with Crippen LogP contribution in [0.25, 0.3) is 23.0 Å². The minimum Gasteiger partial charge on any atom is -0.497 e. The molecule has 0 unspecified atom stereocenters. The number of ether oxygens (including phenoxy) is 2. The molecular weight excluding hydrogens is 714 g/mol. The van der Waals surface area contributed by atoms with Gasteiger partial charge in [0.05, 0.1) is 41.3 Å². The van der Waals surface area contributed by atoms with Crippen molar-refractivity contribution in [1.29, 1.82) is 0 Å². The van der Waals surface area contributed by atoms with Gasteiger partial charge in [0, 0.05) is 17.2 Å². The number of benzene rings is 3. The van der Waals surface area contributed by atoms with Gasteiger partial charge in [-0.25, -0.2) is 19.8 Å². The molecule has 14 heteroatoms. The first-order valence-electron chi connectivity index (χ1n) is 15.8. The molecule has 3 aromatic heterocycles. The van der Waals surface area contributed by atoms with Crippen molar-refractivity contribution in [2.45, 2.75) is 29.4 Å². The van der Waals surface area contributed by atoms with Crippen molar-refractivity contribution in [1.82, 2.24) is 14.5 Å². The summed E-state index contributed by atoms with van der Waals surface area (Å²) in [5.74, 6) is 0.170. The molecule has 262 valence electrons. The standard InChI is InChI=1S/C38H27F3N4O5S2/c1-3-49-35(47)31-32(23-13-8-5-9-14-23)44-37-45(33(31)24-15-10-16-25(19-24)48-2)34(46)28(51-37)20-26-17-18-30(50-26)52-36-42-27(22-11-6-4-7-12-22)21-29(43-36)38(39,40)41/h4-21,33H,3H2,1-2H3/b28-20+/t33-/m0/s1. The molecule has 52 heavy (non-hydrogen) atoms. The van der Waals surface area contributed by atoms with Crippen LogP contribution in [0.4, 0.5) is 13.2 Å². The predicted molar refractivity (Wildman–Crippen MR) is 189 cm³/mol. The number of esters is 1. The van der Waals surface area contributed by atoms with Crippen LogP contribution < -0.4 is 19.6 Å². The quantitative estimate of drug-likeness (QED) is 0.114. The molecule has 3 aromatic carbocycles. The first-order valence-corrected chi connectivity index (χ1v) is 17.5. The summed E-state index contributed by atoms with van der Waals surface area (Å²) in [7, 11) is 1.53.